The number of ether oxygens (including phenoxy) is 1. The van der Waals surface area contributed by atoms with Crippen molar-refractivity contribution in [3.05, 3.63) is 28.8 Å². The molecule has 0 aliphatic rings. The number of nitrogens with two attached hydrogens (primary N) is 1. The summed E-state index contributed by atoms with van der Waals surface area (Å²) in [5.41, 5.74) is 8.78. The number of phenols is 1. The summed E-state index contributed by atoms with van der Waals surface area (Å²) in [5, 5.41) is 10.2. The van der Waals surface area contributed by atoms with E-state index in [1.54, 1.807) is 7.11 Å². The quantitative estimate of drug-likeness (QED) is 0.791. The second-order valence-electron chi connectivity index (χ2n) is 5.69. The van der Waals surface area contributed by atoms with Crippen LogP contribution in [0.1, 0.15) is 43.9 Å². The van der Waals surface area contributed by atoms with Crippen molar-refractivity contribution in [3.8, 4) is 5.75 Å². The molecule has 1 aromatic carbocycles. The van der Waals surface area contributed by atoms with Gasteiger partial charge in [-0.1, -0.05) is 32.9 Å². The summed E-state index contributed by atoms with van der Waals surface area (Å²) in [7, 11) is 1.69. The maximum absolute atomic E-state index is 10.2. The third kappa shape index (κ3) is 3.72. The summed E-state index contributed by atoms with van der Waals surface area (Å²) >= 11 is 0. The van der Waals surface area contributed by atoms with Gasteiger partial charge in [0.1, 0.15) is 5.75 Å². The van der Waals surface area contributed by atoms with Crippen LogP contribution in [0.3, 0.4) is 0 Å². The van der Waals surface area contributed by atoms with E-state index in [4.69, 9.17) is 10.5 Å². The van der Waals surface area contributed by atoms with Gasteiger partial charge in [0.05, 0.1) is 0 Å². The van der Waals surface area contributed by atoms with Crippen molar-refractivity contribution in [3.63, 3.8) is 0 Å². The highest BCUT2D eigenvalue weighted by molar-refractivity contribution is 5.45. The van der Waals surface area contributed by atoms with Crippen molar-refractivity contribution >= 4 is 0 Å². The Kier molecular flexibility index (Phi) is 5.17. The second-order valence-corrected chi connectivity index (χ2v) is 5.69. The number of methoxy groups -OCH3 is 1. The molecule has 0 saturated carbocycles. The molecule has 0 atom stereocenters. The van der Waals surface area contributed by atoms with Gasteiger partial charge in [0.25, 0.3) is 0 Å². The van der Waals surface area contributed by atoms with Crippen molar-refractivity contribution in [2.24, 2.45) is 5.73 Å². The van der Waals surface area contributed by atoms with E-state index < -0.39 is 0 Å². The minimum absolute atomic E-state index is 0.0631. The lowest BCUT2D eigenvalue weighted by Gasteiger charge is -2.22. The summed E-state index contributed by atoms with van der Waals surface area (Å²) < 4.78 is 5.05. The summed E-state index contributed by atoms with van der Waals surface area (Å²) in [4.78, 5) is 0. The Morgan fingerprint density at radius 1 is 1.22 bits per heavy atom. The zero-order valence-electron chi connectivity index (χ0n) is 11.9. The van der Waals surface area contributed by atoms with Gasteiger partial charge in [0.2, 0.25) is 0 Å². The Bertz CT molecular complexity index is 394. The highest BCUT2D eigenvalue weighted by Crippen LogP contribution is 2.31. The van der Waals surface area contributed by atoms with Crippen LogP contribution in [0, 0.1) is 0 Å². The Labute approximate surface area is 110 Å². The number of aromatic hydroxyl groups is 1. The van der Waals surface area contributed by atoms with Gasteiger partial charge >= 0.3 is 0 Å². The monoisotopic (exact) mass is 251 g/mol. The Hall–Kier alpha value is -1.06. The van der Waals surface area contributed by atoms with Crippen LogP contribution in [0.25, 0.3) is 0 Å². The van der Waals surface area contributed by atoms with Crippen molar-refractivity contribution in [1.29, 1.82) is 0 Å². The first kappa shape index (κ1) is 15.0. The third-order valence-electron chi connectivity index (χ3n) is 3.15. The molecular formula is C15H25NO2. The predicted molar refractivity (Wildman–Crippen MR) is 74.9 cm³/mol. The smallest absolute Gasteiger partial charge is 0.123 e. The SMILES string of the molecule is COCCCc1cc(C(C)(C)C)cc(CN)c1O. The zero-order valence-corrected chi connectivity index (χ0v) is 11.9. The van der Waals surface area contributed by atoms with Gasteiger partial charge in [-0.3, -0.25) is 0 Å². The first-order valence-electron chi connectivity index (χ1n) is 6.44. The average Bonchev–Trinajstić information content (AvgIpc) is 2.30. The summed E-state index contributed by atoms with van der Waals surface area (Å²) in [5.74, 6) is 0.349. The molecule has 0 heterocycles. The molecule has 0 aliphatic heterocycles. The fourth-order valence-corrected chi connectivity index (χ4v) is 1.95. The van der Waals surface area contributed by atoms with Crippen molar-refractivity contribution in [1.82, 2.24) is 0 Å². The van der Waals surface area contributed by atoms with Gasteiger partial charge in [-0.25, -0.2) is 0 Å². The molecule has 0 amide bonds. The standard InChI is InChI=1S/C15H25NO2/c1-15(2,3)13-8-11(6-5-7-18-4)14(17)12(9-13)10-16/h8-9,17H,5-7,10,16H2,1-4H3. The van der Waals surface area contributed by atoms with E-state index in [0.29, 0.717) is 18.9 Å². The van der Waals surface area contributed by atoms with Crippen LogP contribution in [0.4, 0.5) is 0 Å². The third-order valence-corrected chi connectivity index (χ3v) is 3.15. The first-order chi connectivity index (χ1) is 8.40. The first-order valence-corrected chi connectivity index (χ1v) is 6.44. The average molecular weight is 251 g/mol. The Morgan fingerprint density at radius 3 is 2.33 bits per heavy atom. The number of benzene rings is 1. The lowest BCUT2D eigenvalue weighted by atomic mass is 9.84. The van der Waals surface area contributed by atoms with Crippen LogP contribution in [0.2, 0.25) is 0 Å². The van der Waals surface area contributed by atoms with Crippen LogP contribution in [-0.4, -0.2) is 18.8 Å². The number of rotatable bonds is 5. The van der Waals surface area contributed by atoms with Gasteiger partial charge in [-0.2, -0.15) is 0 Å². The topological polar surface area (TPSA) is 55.5 Å². The van der Waals surface area contributed by atoms with Crippen LogP contribution >= 0.6 is 0 Å². The van der Waals surface area contributed by atoms with Gasteiger partial charge in [-0.15, -0.1) is 0 Å². The van der Waals surface area contributed by atoms with Gasteiger partial charge < -0.3 is 15.6 Å². The molecule has 1 rings (SSSR count). The lowest BCUT2D eigenvalue weighted by molar-refractivity contribution is 0.195. The molecule has 1 aromatic rings. The molecule has 3 heteroatoms. The summed E-state index contributed by atoms with van der Waals surface area (Å²) in [6.07, 6.45) is 1.72. The summed E-state index contributed by atoms with van der Waals surface area (Å²) in [6.45, 7) is 7.57. The minimum Gasteiger partial charge on any atom is -0.507 e. The van der Waals surface area contributed by atoms with Crippen molar-refractivity contribution < 1.29 is 9.84 Å². The molecule has 0 unspecified atom stereocenters. The highest BCUT2D eigenvalue weighted by Gasteiger charge is 2.18. The molecule has 0 spiro atoms. The summed E-state index contributed by atoms with van der Waals surface area (Å²) in [6, 6.07) is 4.10. The number of hydrogen-bond donors (Lipinski definition) is 2. The van der Waals surface area contributed by atoms with Gasteiger partial charge in [-0.05, 0) is 29.4 Å². The Balaban J connectivity index is 3.07. The molecule has 0 saturated heterocycles. The number of aryl methyl sites for hydroxylation is 1. The molecule has 3 nitrogen and oxygen atoms in total. The van der Waals surface area contributed by atoms with E-state index in [-0.39, 0.29) is 5.41 Å². The van der Waals surface area contributed by atoms with E-state index in [9.17, 15) is 5.11 Å². The maximum atomic E-state index is 10.2. The lowest BCUT2D eigenvalue weighted by Crippen LogP contribution is -2.13. The molecule has 0 aliphatic carbocycles. The zero-order chi connectivity index (χ0) is 13.8. The predicted octanol–water partition coefficient (Wildman–Crippen LogP) is 2.73. The van der Waals surface area contributed by atoms with Crippen LogP contribution in [0.15, 0.2) is 12.1 Å². The van der Waals surface area contributed by atoms with E-state index in [1.165, 1.54) is 5.56 Å². The van der Waals surface area contributed by atoms with Crippen LogP contribution in [-0.2, 0) is 23.1 Å². The normalized spacial score (nSPS) is 11.8. The van der Waals surface area contributed by atoms with Gasteiger partial charge in [0, 0.05) is 25.8 Å². The second kappa shape index (κ2) is 6.21. The molecular weight excluding hydrogens is 226 g/mol. The minimum atomic E-state index is 0.0631. The van der Waals surface area contributed by atoms with Crippen molar-refractivity contribution in [2.45, 2.75) is 45.6 Å². The molecule has 0 fully saturated rings. The number of hydrogen-bond acceptors (Lipinski definition) is 3. The largest absolute Gasteiger partial charge is 0.507 e. The maximum Gasteiger partial charge on any atom is 0.123 e. The highest BCUT2D eigenvalue weighted by atomic mass is 16.5. The van der Waals surface area contributed by atoms with Crippen LogP contribution in [0.5, 0.6) is 5.75 Å². The van der Waals surface area contributed by atoms with E-state index in [0.717, 1.165) is 24.0 Å². The molecule has 102 valence electrons. The molecule has 3 N–H and O–H groups in total. The fraction of sp³-hybridized carbons (Fsp3) is 0.600. The van der Waals surface area contributed by atoms with Gasteiger partial charge in [0.15, 0.2) is 0 Å². The molecule has 0 bridgehead atoms. The molecule has 0 radical (unpaired) electrons. The van der Waals surface area contributed by atoms with Crippen LogP contribution < -0.4 is 5.73 Å². The fourth-order valence-electron chi connectivity index (χ4n) is 1.95. The number of phenolic OH excluding ortho intramolecular Hbond substituents is 1. The molecule has 0 aromatic heterocycles. The van der Waals surface area contributed by atoms with E-state index in [2.05, 4.69) is 26.8 Å². The van der Waals surface area contributed by atoms with Crippen molar-refractivity contribution in [2.75, 3.05) is 13.7 Å². The molecule has 18 heavy (non-hydrogen) atoms. The van der Waals surface area contributed by atoms with E-state index in [1.807, 2.05) is 6.07 Å². The van der Waals surface area contributed by atoms with E-state index >= 15 is 0 Å². The Morgan fingerprint density at radius 2 is 1.83 bits per heavy atom.